The van der Waals surface area contributed by atoms with Crippen LogP contribution in [0.15, 0.2) is 0 Å². The van der Waals surface area contributed by atoms with Gasteiger partial charge in [0.1, 0.15) is 0 Å². The fourth-order valence-corrected chi connectivity index (χ4v) is 2.50. The third-order valence-corrected chi connectivity index (χ3v) is 3.96. The van der Waals surface area contributed by atoms with Crippen molar-refractivity contribution in [2.24, 2.45) is 5.41 Å². The first kappa shape index (κ1) is 10.9. The number of nitriles is 1. The van der Waals surface area contributed by atoms with Crippen LogP contribution in [0, 0.1) is 16.7 Å². The van der Waals surface area contributed by atoms with Gasteiger partial charge in [0.05, 0.1) is 6.07 Å². The van der Waals surface area contributed by atoms with E-state index in [4.69, 9.17) is 5.26 Å². The lowest BCUT2D eigenvalue weighted by molar-refractivity contribution is 0.293. The van der Waals surface area contributed by atoms with Gasteiger partial charge in [-0.25, -0.2) is 0 Å². The van der Waals surface area contributed by atoms with Gasteiger partial charge in [-0.2, -0.15) is 5.26 Å². The number of hydrogen-bond acceptors (Lipinski definition) is 3. The summed E-state index contributed by atoms with van der Waals surface area (Å²) in [4.78, 5) is 2.44. The van der Waals surface area contributed by atoms with E-state index in [1.807, 2.05) is 0 Å². The highest BCUT2D eigenvalue weighted by molar-refractivity contribution is 5.00. The smallest absolute Gasteiger partial charge is 0.0628 e. The minimum Gasteiger partial charge on any atom is -0.315 e. The Labute approximate surface area is 92.4 Å². The van der Waals surface area contributed by atoms with Gasteiger partial charge in [0.2, 0.25) is 0 Å². The molecule has 0 aromatic carbocycles. The predicted molar refractivity (Wildman–Crippen MR) is 60.4 cm³/mol. The van der Waals surface area contributed by atoms with Crippen LogP contribution in [0.1, 0.15) is 32.1 Å². The van der Waals surface area contributed by atoms with Crippen LogP contribution >= 0.6 is 0 Å². The van der Waals surface area contributed by atoms with Crippen LogP contribution in [0.4, 0.5) is 0 Å². The maximum Gasteiger partial charge on any atom is 0.0628 e. The van der Waals surface area contributed by atoms with Gasteiger partial charge in [-0.05, 0) is 44.7 Å². The van der Waals surface area contributed by atoms with E-state index in [9.17, 15) is 0 Å². The first-order chi connectivity index (χ1) is 7.26. The van der Waals surface area contributed by atoms with E-state index >= 15 is 0 Å². The monoisotopic (exact) mass is 207 g/mol. The lowest BCUT2D eigenvalue weighted by Gasteiger charge is -2.21. The van der Waals surface area contributed by atoms with Crippen LogP contribution in [0.5, 0.6) is 0 Å². The number of likely N-dealkylation sites (tertiary alicyclic amines) is 1. The summed E-state index contributed by atoms with van der Waals surface area (Å²) in [7, 11) is 2.21. The number of likely N-dealkylation sites (N-methyl/N-ethyl adjacent to an activating group) is 1. The first-order valence-electron chi connectivity index (χ1n) is 6.04. The largest absolute Gasteiger partial charge is 0.315 e. The van der Waals surface area contributed by atoms with Crippen LogP contribution in [-0.2, 0) is 0 Å². The SMILES string of the molecule is CN1CCCC1CNCC1(CC#N)CC1. The van der Waals surface area contributed by atoms with Crippen LogP contribution in [0.2, 0.25) is 0 Å². The number of rotatable bonds is 5. The molecule has 15 heavy (non-hydrogen) atoms. The van der Waals surface area contributed by atoms with Crippen molar-refractivity contribution in [1.29, 1.82) is 5.26 Å². The molecule has 1 atom stereocenters. The van der Waals surface area contributed by atoms with Crippen molar-refractivity contribution >= 4 is 0 Å². The molecule has 1 aliphatic carbocycles. The Morgan fingerprint density at radius 2 is 2.33 bits per heavy atom. The second-order valence-corrected chi connectivity index (χ2v) is 5.24. The van der Waals surface area contributed by atoms with Crippen LogP contribution in [-0.4, -0.2) is 37.6 Å². The van der Waals surface area contributed by atoms with Gasteiger partial charge >= 0.3 is 0 Å². The minimum absolute atomic E-state index is 0.353. The molecule has 84 valence electrons. The molecule has 1 N–H and O–H groups in total. The maximum atomic E-state index is 8.71. The van der Waals surface area contributed by atoms with E-state index in [0.717, 1.165) is 25.6 Å². The number of hydrogen-bond donors (Lipinski definition) is 1. The maximum absolute atomic E-state index is 8.71. The van der Waals surface area contributed by atoms with E-state index in [1.54, 1.807) is 0 Å². The van der Waals surface area contributed by atoms with Crippen molar-refractivity contribution in [2.75, 3.05) is 26.7 Å². The van der Waals surface area contributed by atoms with Gasteiger partial charge in [0.25, 0.3) is 0 Å². The van der Waals surface area contributed by atoms with Gasteiger partial charge in [0.15, 0.2) is 0 Å². The standard InChI is InChI=1S/C12H21N3/c1-15-8-2-3-11(15)9-14-10-12(4-5-12)6-7-13/h11,14H,2-6,8-10H2,1H3. The molecule has 1 aliphatic heterocycles. The molecular formula is C12H21N3. The molecule has 1 saturated carbocycles. The zero-order valence-electron chi connectivity index (χ0n) is 9.63. The molecule has 0 aromatic rings. The van der Waals surface area contributed by atoms with Crippen LogP contribution < -0.4 is 5.32 Å². The fraction of sp³-hybridized carbons (Fsp3) is 0.917. The highest BCUT2D eigenvalue weighted by atomic mass is 15.2. The summed E-state index contributed by atoms with van der Waals surface area (Å²) in [6, 6.07) is 3.03. The Balaban J connectivity index is 1.65. The van der Waals surface area contributed by atoms with Crippen molar-refractivity contribution in [1.82, 2.24) is 10.2 Å². The highest BCUT2D eigenvalue weighted by Crippen LogP contribution is 2.47. The van der Waals surface area contributed by atoms with Gasteiger partial charge in [0, 0.05) is 25.6 Å². The van der Waals surface area contributed by atoms with Gasteiger partial charge in [-0.15, -0.1) is 0 Å². The molecular weight excluding hydrogens is 186 g/mol. The summed E-state index contributed by atoms with van der Waals surface area (Å²) in [6.45, 7) is 3.39. The first-order valence-corrected chi connectivity index (χ1v) is 6.04. The molecule has 0 amide bonds. The average Bonchev–Trinajstić information content (AvgIpc) is 2.85. The summed E-state index contributed by atoms with van der Waals surface area (Å²) in [6.07, 6.45) is 5.89. The fourth-order valence-electron chi connectivity index (χ4n) is 2.50. The van der Waals surface area contributed by atoms with E-state index in [1.165, 1.54) is 32.2 Å². The summed E-state index contributed by atoms with van der Waals surface area (Å²) >= 11 is 0. The molecule has 0 radical (unpaired) electrons. The molecule has 0 spiro atoms. The van der Waals surface area contributed by atoms with Crippen molar-refractivity contribution in [2.45, 2.75) is 38.1 Å². The van der Waals surface area contributed by atoms with E-state index in [-0.39, 0.29) is 0 Å². The molecule has 1 heterocycles. The molecule has 3 nitrogen and oxygen atoms in total. The topological polar surface area (TPSA) is 39.1 Å². The Hall–Kier alpha value is -0.590. The third-order valence-electron chi connectivity index (χ3n) is 3.96. The average molecular weight is 207 g/mol. The van der Waals surface area contributed by atoms with Crippen molar-refractivity contribution in [3.8, 4) is 6.07 Å². The molecule has 3 heteroatoms. The number of nitrogens with one attached hydrogen (secondary N) is 1. The van der Waals surface area contributed by atoms with Crippen molar-refractivity contribution in [3.63, 3.8) is 0 Å². The Morgan fingerprint density at radius 1 is 1.53 bits per heavy atom. The van der Waals surface area contributed by atoms with Gasteiger partial charge < -0.3 is 10.2 Å². The van der Waals surface area contributed by atoms with Gasteiger partial charge in [-0.1, -0.05) is 0 Å². The summed E-state index contributed by atoms with van der Waals surface area (Å²) < 4.78 is 0. The summed E-state index contributed by atoms with van der Waals surface area (Å²) in [5, 5.41) is 12.3. The minimum atomic E-state index is 0.353. The molecule has 0 bridgehead atoms. The number of nitrogens with zero attached hydrogens (tertiary/aromatic N) is 2. The lowest BCUT2D eigenvalue weighted by Crippen LogP contribution is -2.37. The summed E-state index contributed by atoms with van der Waals surface area (Å²) in [5.74, 6) is 0. The normalized spacial score (nSPS) is 28.9. The molecule has 2 rings (SSSR count). The second kappa shape index (κ2) is 4.51. The zero-order valence-corrected chi connectivity index (χ0v) is 9.63. The van der Waals surface area contributed by atoms with E-state index < -0.39 is 0 Å². The zero-order chi connectivity index (χ0) is 10.7. The Bertz CT molecular complexity index is 252. The van der Waals surface area contributed by atoms with E-state index in [2.05, 4.69) is 23.3 Å². The lowest BCUT2D eigenvalue weighted by atomic mass is 10.0. The molecule has 2 aliphatic rings. The second-order valence-electron chi connectivity index (χ2n) is 5.24. The predicted octanol–water partition coefficient (Wildman–Crippen LogP) is 1.36. The molecule has 1 saturated heterocycles. The highest BCUT2D eigenvalue weighted by Gasteiger charge is 2.41. The Kier molecular flexibility index (Phi) is 3.28. The quantitative estimate of drug-likeness (QED) is 0.740. The summed E-state index contributed by atoms with van der Waals surface area (Å²) in [5.41, 5.74) is 0.353. The van der Waals surface area contributed by atoms with Crippen LogP contribution in [0.3, 0.4) is 0 Å². The van der Waals surface area contributed by atoms with Gasteiger partial charge in [-0.3, -0.25) is 0 Å². The molecule has 1 unspecified atom stereocenters. The van der Waals surface area contributed by atoms with Crippen molar-refractivity contribution in [3.05, 3.63) is 0 Å². The molecule has 0 aromatic heterocycles. The third kappa shape index (κ3) is 2.70. The van der Waals surface area contributed by atoms with E-state index in [0.29, 0.717) is 5.41 Å². The van der Waals surface area contributed by atoms with Crippen LogP contribution in [0.25, 0.3) is 0 Å². The molecule has 2 fully saturated rings. The Morgan fingerprint density at radius 3 is 2.87 bits per heavy atom. The van der Waals surface area contributed by atoms with Crippen molar-refractivity contribution < 1.29 is 0 Å².